The minimum Gasteiger partial charge on any atom is -0.508 e. The molecule has 1 aliphatic rings. The summed E-state index contributed by atoms with van der Waals surface area (Å²) in [5.41, 5.74) is 13.9. The Morgan fingerprint density at radius 2 is 1.35 bits per heavy atom. The molecule has 0 saturated carbocycles. The first-order valence-corrected chi connectivity index (χ1v) is 20.1. The van der Waals surface area contributed by atoms with E-state index in [0.29, 0.717) is 38.5 Å². The molecule has 12 nitrogen and oxygen atoms in total. The summed E-state index contributed by atoms with van der Waals surface area (Å²) in [6, 6.07) is 28.2. The molecule has 1 heterocycles. The number of carbonyl (C=O) groups excluding carboxylic acids is 4. The van der Waals surface area contributed by atoms with Crippen LogP contribution in [0.25, 0.3) is 10.8 Å². The van der Waals surface area contributed by atoms with Crippen molar-refractivity contribution in [1.82, 2.24) is 20.9 Å². The van der Waals surface area contributed by atoms with Crippen LogP contribution in [-0.2, 0) is 38.4 Å². The van der Waals surface area contributed by atoms with Crippen molar-refractivity contribution >= 4 is 40.4 Å². The lowest BCUT2D eigenvalue weighted by molar-refractivity contribution is -0.136. The van der Waals surface area contributed by atoms with E-state index >= 15 is 0 Å². The maximum absolute atomic E-state index is 14.4. The van der Waals surface area contributed by atoms with E-state index in [4.69, 9.17) is 11.5 Å². The van der Waals surface area contributed by atoms with Gasteiger partial charge in [-0.25, -0.2) is 0 Å². The number of benzene rings is 4. The highest BCUT2D eigenvalue weighted by molar-refractivity contribution is 5.93. The van der Waals surface area contributed by atoms with Crippen molar-refractivity contribution in [3.8, 4) is 5.75 Å². The van der Waals surface area contributed by atoms with E-state index in [0.717, 1.165) is 53.1 Å². The van der Waals surface area contributed by atoms with Gasteiger partial charge in [0.15, 0.2) is 5.96 Å². The van der Waals surface area contributed by atoms with E-state index < -0.39 is 36.0 Å². The van der Waals surface area contributed by atoms with E-state index in [-0.39, 0.29) is 42.9 Å². The molecule has 12 heteroatoms. The van der Waals surface area contributed by atoms with Crippen LogP contribution >= 0.6 is 0 Å². The number of carbonyl (C=O) groups is 4. The summed E-state index contributed by atoms with van der Waals surface area (Å²) in [6.07, 6.45) is 5.89. The number of likely N-dealkylation sites (N-methyl/N-ethyl adjacent to an activating group) is 1. The van der Waals surface area contributed by atoms with Crippen LogP contribution in [0.5, 0.6) is 5.75 Å². The summed E-state index contributed by atoms with van der Waals surface area (Å²) in [4.78, 5) is 62.4. The Labute approximate surface area is 335 Å². The number of guanidine groups is 1. The summed E-state index contributed by atoms with van der Waals surface area (Å²) in [6.45, 7) is 0.239. The number of fused-ring (bicyclic) bond motifs is 1. The molecule has 8 N–H and O–H groups in total. The molecule has 302 valence electrons. The molecule has 1 aliphatic heterocycles. The number of aromatic hydroxyl groups is 1. The van der Waals surface area contributed by atoms with Crippen molar-refractivity contribution in [3.63, 3.8) is 0 Å². The topological polar surface area (TPSA) is 192 Å². The van der Waals surface area contributed by atoms with Crippen LogP contribution in [0.15, 0.2) is 102 Å². The Bertz CT molecular complexity index is 1960. The summed E-state index contributed by atoms with van der Waals surface area (Å²) >= 11 is 0. The van der Waals surface area contributed by atoms with Crippen LogP contribution in [0.3, 0.4) is 0 Å². The number of hydrogen-bond acceptors (Lipinski definition) is 6. The van der Waals surface area contributed by atoms with Crippen molar-refractivity contribution in [3.05, 3.63) is 114 Å². The third-order valence-electron chi connectivity index (χ3n) is 10.7. The van der Waals surface area contributed by atoms with Gasteiger partial charge < -0.3 is 37.4 Å². The van der Waals surface area contributed by atoms with E-state index in [1.807, 2.05) is 72.8 Å². The number of nitrogens with two attached hydrogens (primary N) is 2. The summed E-state index contributed by atoms with van der Waals surface area (Å²) in [5.74, 6) is -1.69. The molecule has 0 radical (unpaired) electrons. The first kappa shape index (κ1) is 42.2. The normalized spacial score (nSPS) is 20.7. The first-order chi connectivity index (χ1) is 27.6. The highest BCUT2D eigenvalue weighted by atomic mass is 16.3. The van der Waals surface area contributed by atoms with Crippen LogP contribution < -0.4 is 27.4 Å². The zero-order valence-electron chi connectivity index (χ0n) is 32.9. The molecular formula is C45H57N7O5. The molecule has 1 saturated heterocycles. The average molecular weight is 776 g/mol. The molecule has 0 bridgehead atoms. The van der Waals surface area contributed by atoms with Crippen LogP contribution in [0.1, 0.15) is 74.5 Å². The lowest BCUT2D eigenvalue weighted by Gasteiger charge is -2.32. The number of nitrogens with one attached hydrogen (secondary N) is 3. The van der Waals surface area contributed by atoms with Gasteiger partial charge in [0, 0.05) is 38.8 Å². The predicted octanol–water partition coefficient (Wildman–Crippen LogP) is 4.86. The second-order valence-electron chi connectivity index (χ2n) is 15.0. The van der Waals surface area contributed by atoms with Gasteiger partial charge in [-0.1, -0.05) is 111 Å². The summed E-state index contributed by atoms with van der Waals surface area (Å²) < 4.78 is 0. The van der Waals surface area contributed by atoms with E-state index in [2.05, 4.69) is 20.9 Å². The number of hydrogen-bond donors (Lipinski definition) is 6. The van der Waals surface area contributed by atoms with Gasteiger partial charge in [-0.3, -0.25) is 24.2 Å². The third-order valence-corrected chi connectivity index (χ3v) is 10.7. The van der Waals surface area contributed by atoms with Gasteiger partial charge in [0.05, 0.1) is 0 Å². The van der Waals surface area contributed by atoms with E-state index in [9.17, 15) is 24.3 Å². The SMILES string of the molecule is CN1C(=O)CCCCCCC[C@@H](Cc2ccc(O)cc2)C(=O)N[C@H](Cc2ccccc2)C(=O)N[C@@H](CCCN=C(N)N)C(=O)N[C@H]1Cc1cccc2ccccc12. The fraction of sp³-hybridized carbons (Fsp3) is 0.400. The fourth-order valence-electron chi connectivity index (χ4n) is 7.41. The van der Waals surface area contributed by atoms with Gasteiger partial charge in [0.1, 0.15) is 24.0 Å². The number of phenolic OH excluding ortho intramolecular Hbond substituents is 1. The minimum absolute atomic E-state index is 0.0771. The van der Waals surface area contributed by atoms with E-state index in [1.54, 1.807) is 36.2 Å². The van der Waals surface area contributed by atoms with Crippen molar-refractivity contribution in [2.24, 2.45) is 22.4 Å². The van der Waals surface area contributed by atoms with Gasteiger partial charge in [-0.2, -0.15) is 0 Å². The molecule has 0 unspecified atom stereocenters. The molecule has 1 fully saturated rings. The van der Waals surface area contributed by atoms with Gasteiger partial charge in [0.25, 0.3) is 0 Å². The van der Waals surface area contributed by atoms with Crippen LogP contribution in [0.2, 0.25) is 0 Å². The number of rotatable bonds is 10. The van der Waals surface area contributed by atoms with Gasteiger partial charge in [0.2, 0.25) is 23.6 Å². The predicted molar refractivity (Wildman–Crippen MR) is 224 cm³/mol. The Morgan fingerprint density at radius 3 is 2.12 bits per heavy atom. The first-order valence-electron chi connectivity index (χ1n) is 20.1. The van der Waals surface area contributed by atoms with Crippen molar-refractivity contribution in [2.75, 3.05) is 13.6 Å². The monoisotopic (exact) mass is 775 g/mol. The molecule has 0 aromatic heterocycles. The molecule has 0 spiro atoms. The molecule has 0 aliphatic carbocycles. The molecular weight excluding hydrogens is 719 g/mol. The lowest BCUT2D eigenvalue weighted by Crippen LogP contribution is -2.58. The lowest BCUT2D eigenvalue weighted by atomic mass is 9.91. The number of amides is 4. The van der Waals surface area contributed by atoms with Crippen molar-refractivity contribution < 1.29 is 24.3 Å². The highest BCUT2D eigenvalue weighted by Crippen LogP contribution is 2.23. The molecule has 4 aromatic rings. The standard InChI is InChI=1S/C45H57N7O5/c1-52-40(30-34-19-12-18-33-16-10-11-20-37(33)34)51-43(56)38(21-13-27-48-45(46)47)49-44(57)39(29-31-14-6-5-7-15-31)50-42(55)35(28-32-23-25-36(53)26-24-32)17-8-3-2-4-9-22-41(52)54/h5-7,10-12,14-16,18-20,23-26,35,38-40,53H,2-4,8-9,13,17,21-22,27-30H2,1H3,(H,49,57)(H,50,55)(H,51,56)(H4,46,47,48)/t35-,38-,39+,40+/m0/s1. The average Bonchev–Trinajstić information content (AvgIpc) is 3.20. The molecule has 4 atom stereocenters. The van der Waals surface area contributed by atoms with Crippen LogP contribution in [-0.4, -0.2) is 71.4 Å². The maximum atomic E-state index is 14.4. The summed E-state index contributed by atoms with van der Waals surface area (Å²) in [7, 11) is 1.72. The van der Waals surface area contributed by atoms with Gasteiger partial charge >= 0.3 is 0 Å². The molecule has 57 heavy (non-hydrogen) atoms. The molecule has 4 amide bonds. The van der Waals surface area contributed by atoms with Gasteiger partial charge in [-0.05, 0) is 71.7 Å². The quantitative estimate of drug-likeness (QED) is 0.0753. The zero-order valence-corrected chi connectivity index (χ0v) is 32.9. The Hall–Kier alpha value is -5.91. The van der Waals surface area contributed by atoms with Crippen molar-refractivity contribution in [1.29, 1.82) is 0 Å². The largest absolute Gasteiger partial charge is 0.508 e. The highest BCUT2D eigenvalue weighted by Gasteiger charge is 2.31. The minimum atomic E-state index is -1.03. The van der Waals surface area contributed by atoms with Crippen LogP contribution in [0.4, 0.5) is 0 Å². The van der Waals surface area contributed by atoms with E-state index in [1.165, 1.54) is 0 Å². The Kier molecular flexibility index (Phi) is 15.9. The fourth-order valence-corrected chi connectivity index (χ4v) is 7.41. The smallest absolute Gasteiger partial charge is 0.244 e. The maximum Gasteiger partial charge on any atom is 0.244 e. The third kappa shape index (κ3) is 13.1. The zero-order chi connectivity index (χ0) is 40.6. The second-order valence-corrected chi connectivity index (χ2v) is 15.0. The molecule has 5 rings (SSSR count). The number of phenols is 1. The van der Waals surface area contributed by atoms with Crippen LogP contribution in [0, 0.1) is 5.92 Å². The van der Waals surface area contributed by atoms with Gasteiger partial charge in [-0.15, -0.1) is 0 Å². The Balaban J connectivity index is 1.47. The second kappa shape index (κ2) is 21.4. The number of nitrogens with zero attached hydrogens (tertiary/aromatic N) is 2. The number of aliphatic imine (C=N–C) groups is 1. The van der Waals surface area contributed by atoms with Crippen molar-refractivity contribution in [2.45, 2.75) is 95.3 Å². The molecule has 4 aromatic carbocycles. The Morgan fingerprint density at radius 1 is 0.702 bits per heavy atom. The summed E-state index contributed by atoms with van der Waals surface area (Å²) in [5, 5.41) is 21.1.